The smallest absolute Gasteiger partial charge is 0.326 e. The molecule has 4 unspecified atom stereocenters. The highest BCUT2D eigenvalue weighted by Crippen LogP contribution is 2.21. The van der Waals surface area contributed by atoms with Crippen LogP contribution in [0.4, 0.5) is 0 Å². The summed E-state index contributed by atoms with van der Waals surface area (Å²) in [6, 6.07) is 3.07. The second-order valence-corrected chi connectivity index (χ2v) is 9.78. The number of H-pyrrole nitrogens is 1. The van der Waals surface area contributed by atoms with E-state index in [1.807, 2.05) is 24.3 Å². The molecule has 1 saturated heterocycles. The van der Waals surface area contributed by atoms with Crippen molar-refractivity contribution in [2.24, 2.45) is 17.2 Å². The number of aromatic nitrogens is 1. The number of carboxylic acids is 1. The number of benzene rings is 1. The Labute approximate surface area is 225 Å². The van der Waals surface area contributed by atoms with Crippen molar-refractivity contribution in [2.45, 2.75) is 69.1 Å². The molecule has 1 aromatic heterocycles. The van der Waals surface area contributed by atoms with Gasteiger partial charge in [0, 0.05) is 30.1 Å². The second-order valence-electron chi connectivity index (χ2n) is 9.78. The van der Waals surface area contributed by atoms with Gasteiger partial charge in [-0.3, -0.25) is 19.2 Å². The Balaban J connectivity index is 1.84. The zero-order chi connectivity index (χ0) is 28.5. The summed E-state index contributed by atoms with van der Waals surface area (Å²) in [5.41, 5.74) is 18.2. The standard InChI is InChI=1S/C26H37N7O6/c27-10-4-3-8-19(25(37)33-11-5-9-21(33)26(38)39)31-24(36)20(32-23(35)17(28)13-22(29)34)12-15-14-30-18-7-2-1-6-16(15)18/h1-2,6-7,14,17,19-21,30H,3-5,8-13,27-28H2,(H2,29,34)(H,31,36)(H,32,35)(H,38,39). The fourth-order valence-corrected chi connectivity index (χ4v) is 4.83. The van der Waals surface area contributed by atoms with Crippen LogP contribution >= 0.6 is 0 Å². The summed E-state index contributed by atoms with van der Waals surface area (Å²) >= 11 is 0. The van der Waals surface area contributed by atoms with Crippen LogP contribution in [0.25, 0.3) is 10.9 Å². The number of aromatic amines is 1. The largest absolute Gasteiger partial charge is 0.480 e. The predicted molar refractivity (Wildman–Crippen MR) is 143 cm³/mol. The second kappa shape index (κ2) is 13.7. The number of nitrogens with two attached hydrogens (primary N) is 3. The number of nitrogens with zero attached hydrogens (tertiary/aromatic N) is 1. The molecular formula is C26H37N7O6. The van der Waals surface area contributed by atoms with Crippen molar-refractivity contribution < 1.29 is 29.1 Å². The van der Waals surface area contributed by atoms with Gasteiger partial charge in [-0.25, -0.2) is 4.79 Å². The Morgan fingerprint density at radius 1 is 1.08 bits per heavy atom. The zero-order valence-electron chi connectivity index (χ0n) is 21.7. The lowest BCUT2D eigenvalue weighted by molar-refractivity contribution is -0.149. The monoisotopic (exact) mass is 543 g/mol. The molecule has 212 valence electrons. The first-order valence-electron chi connectivity index (χ1n) is 13.0. The van der Waals surface area contributed by atoms with Crippen molar-refractivity contribution in [3.05, 3.63) is 36.0 Å². The maximum absolute atomic E-state index is 13.6. The minimum absolute atomic E-state index is 0.0655. The molecule has 13 nitrogen and oxygen atoms in total. The molecule has 3 rings (SSSR count). The number of amides is 4. The van der Waals surface area contributed by atoms with Gasteiger partial charge in [0.2, 0.25) is 23.6 Å². The predicted octanol–water partition coefficient (Wildman–Crippen LogP) is -0.913. The fraction of sp³-hybridized carbons (Fsp3) is 0.500. The molecule has 10 N–H and O–H groups in total. The van der Waals surface area contributed by atoms with Crippen LogP contribution in [-0.4, -0.2) is 81.8 Å². The van der Waals surface area contributed by atoms with E-state index in [0.717, 1.165) is 16.5 Å². The number of fused-ring (bicyclic) bond motifs is 1. The van der Waals surface area contributed by atoms with E-state index in [9.17, 15) is 29.1 Å². The number of rotatable bonds is 14. The Bertz CT molecular complexity index is 1200. The number of para-hydroxylation sites is 1. The minimum atomic E-state index is -1.26. The third kappa shape index (κ3) is 7.77. The molecule has 39 heavy (non-hydrogen) atoms. The summed E-state index contributed by atoms with van der Waals surface area (Å²) in [6.45, 7) is 0.670. The maximum atomic E-state index is 13.6. The number of unbranched alkanes of at least 4 members (excludes halogenated alkanes) is 1. The van der Waals surface area contributed by atoms with E-state index >= 15 is 0 Å². The molecule has 4 amide bonds. The van der Waals surface area contributed by atoms with Gasteiger partial charge in [-0.15, -0.1) is 0 Å². The van der Waals surface area contributed by atoms with E-state index < -0.39 is 60.2 Å². The number of nitrogens with one attached hydrogen (secondary N) is 3. The van der Waals surface area contributed by atoms with Gasteiger partial charge in [-0.05, 0) is 50.3 Å². The van der Waals surface area contributed by atoms with E-state index in [0.29, 0.717) is 32.2 Å². The van der Waals surface area contributed by atoms with Crippen molar-refractivity contribution in [1.82, 2.24) is 20.5 Å². The first-order chi connectivity index (χ1) is 18.6. The molecule has 0 bridgehead atoms. The molecule has 4 atom stereocenters. The van der Waals surface area contributed by atoms with Crippen LogP contribution in [0.5, 0.6) is 0 Å². The van der Waals surface area contributed by atoms with E-state index in [-0.39, 0.29) is 19.4 Å². The van der Waals surface area contributed by atoms with Crippen molar-refractivity contribution in [3.63, 3.8) is 0 Å². The quantitative estimate of drug-likeness (QED) is 0.147. The van der Waals surface area contributed by atoms with Crippen LogP contribution in [0.2, 0.25) is 0 Å². The van der Waals surface area contributed by atoms with Crippen LogP contribution in [0.3, 0.4) is 0 Å². The van der Waals surface area contributed by atoms with E-state index in [4.69, 9.17) is 17.2 Å². The number of hydrogen-bond donors (Lipinski definition) is 7. The highest BCUT2D eigenvalue weighted by molar-refractivity contribution is 5.95. The van der Waals surface area contributed by atoms with Gasteiger partial charge in [0.25, 0.3) is 0 Å². The van der Waals surface area contributed by atoms with Gasteiger partial charge in [-0.2, -0.15) is 0 Å². The van der Waals surface area contributed by atoms with Crippen LogP contribution in [-0.2, 0) is 30.4 Å². The van der Waals surface area contributed by atoms with Gasteiger partial charge in [0.05, 0.1) is 12.5 Å². The highest BCUT2D eigenvalue weighted by atomic mass is 16.4. The molecule has 13 heteroatoms. The van der Waals surface area contributed by atoms with Crippen LogP contribution in [0.15, 0.2) is 30.5 Å². The molecule has 2 heterocycles. The van der Waals surface area contributed by atoms with Gasteiger partial charge < -0.3 is 42.8 Å². The SMILES string of the molecule is NCCCCC(NC(=O)C(Cc1c[nH]c2ccccc12)NC(=O)C(N)CC(N)=O)C(=O)N1CCCC1C(=O)O. The number of carbonyl (C=O) groups is 5. The van der Waals surface area contributed by atoms with Crippen molar-refractivity contribution >= 4 is 40.5 Å². The molecule has 1 aliphatic rings. The lowest BCUT2D eigenvalue weighted by atomic mass is 10.0. The number of likely N-dealkylation sites (tertiary alicyclic amines) is 1. The minimum Gasteiger partial charge on any atom is -0.480 e. The Morgan fingerprint density at radius 3 is 2.49 bits per heavy atom. The summed E-state index contributed by atoms with van der Waals surface area (Å²) in [7, 11) is 0. The number of carbonyl (C=O) groups excluding carboxylic acids is 4. The van der Waals surface area contributed by atoms with E-state index in [2.05, 4.69) is 15.6 Å². The Hall–Kier alpha value is -3.97. The molecule has 1 aromatic carbocycles. The lowest BCUT2D eigenvalue weighted by Gasteiger charge is -2.29. The van der Waals surface area contributed by atoms with Gasteiger partial charge in [-0.1, -0.05) is 18.2 Å². The molecular weight excluding hydrogens is 506 g/mol. The normalized spacial score (nSPS) is 17.4. The Morgan fingerprint density at radius 2 is 1.79 bits per heavy atom. The van der Waals surface area contributed by atoms with Gasteiger partial charge in [0.1, 0.15) is 18.1 Å². The van der Waals surface area contributed by atoms with Crippen molar-refractivity contribution in [3.8, 4) is 0 Å². The summed E-state index contributed by atoms with van der Waals surface area (Å²) < 4.78 is 0. The van der Waals surface area contributed by atoms with Gasteiger partial charge in [0.15, 0.2) is 0 Å². The highest BCUT2D eigenvalue weighted by Gasteiger charge is 2.38. The van der Waals surface area contributed by atoms with Crippen molar-refractivity contribution in [2.75, 3.05) is 13.1 Å². The molecule has 2 aromatic rings. The number of aliphatic carboxylic acids is 1. The number of primary amides is 1. The Kier molecular flexibility index (Phi) is 10.4. The van der Waals surface area contributed by atoms with Crippen LogP contribution < -0.4 is 27.8 Å². The van der Waals surface area contributed by atoms with E-state index in [1.54, 1.807) is 6.20 Å². The summed E-state index contributed by atoms with van der Waals surface area (Å²) in [5, 5.41) is 15.7. The zero-order valence-corrected chi connectivity index (χ0v) is 21.7. The summed E-state index contributed by atoms with van der Waals surface area (Å²) in [6.07, 6.45) is 3.66. The van der Waals surface area contributed by atoms with Crippen molar-refractivity contribution in [1.29, 1.82) is 0 Å². The number of carboxylic acid groups (broad SMARTS) is 1. The first-order valence-corrected chi connectivity index (χ1v) is 13.0. The summed E-state index contributed by atoms with van der Waals surface area (Å²) in [5.74, 6) is -3.74. The molecule has 0 spiro atoms. The third-order valence-electron chi connectivity index (χ3n) is 6.87. The molecule has 1 aliphatic heterocycles. The summed E-state index contributed by atoms with van der Waals surface area (Å²) in [4.78, 5) is 67.1. The maximum Gasteiger partial charge on any atom is 0.326 e. The molecule has 1 fully saturated rings. The van der Waals surface area contributed by atoms with Gasteiger partial charge >= 0.3 is 5.97 Å². The molecule has 0 aliphatic carbocycles. The van der Waals surface area contributed by atoms with Crippen LogP contribution in [0.1, 0.15) is 44.1 Å². The molecule has 0 radical (unpaired) electrons. The first kappa shape index (κ1) is 29.6. The fourth-order valence-electron chi connectivity index (χ4n) is 4.83. The van der Waals surface area contributed by atoms with Crippen LogP contribution in [0, 0.1) is 0 Å². The average molecular weight is 544 g/mol. The average Bonchev–Trinajstić information content (AvgIpc) is 3.55. The topological polar surface area (TPSA) is 227 Å². The lowest BCUT2D eigenvalue weighted by Crippen LogP contribution is -2.57. The van der Waals surface area contributed by atoms with E-state index in [1.165, 1.54) is 4.90 Å². The number of hydrogen-bond acceptors (Lipinski definition) is 7. The molecule has 0 saturated carbocycles. The third-order valence-corrected chi connectivity index (χ3v) is 6.87.